The van der Waals surface area contributed by atoms with Crippen molar-refractivity contribution in [3.63, 3.8) is 0 Å². The number of aliphatic carboxylic acids is 1. The fourth-order valence-corrected chi connectivity index (χ4v) is 2.03. The van der Waals surface area contributed by atoms with Gasteiger partial charge in [0, 0.05) is 26.7 Å². The Kier molecular flexibility index (Phi) is 6.23. The number of carboxylic acids is 1. The lowest BCUT2D eigenvalue weighted by Crippen LogP contribution is -2.60. The summed E-state index contributed by atoms with van der Waals surface area (Å²) in [6.45, 7) is 3.47. The summed E-state index contributed by atoms with van der Waals surface area (Å²) in [5.41, 5.74) is 0. The van der Waals surface area contributed by atoms with Crippen LogP contribution >= 0.6 is 0 Å². The highest BCUT2D eigenvalue weighted by Crippen LogP contribution is 2.09. The van der Waals surface area contributed by atoms with Crippen molar-refractivity contribution in [3.8, 4) is 0 Å². The second-order valence-electron chi connectivity index (χ2n) is 4.84. The smallest absolute Gasteiger partial charge is 0.318 e. The Morgan fingerprint density at radius 1 is 1.60 bits per heavy atom. The van der Waals surface area contributed by atoms with Crippen LogP contribution < -0.4 is 10.6 Å². The van der Waals surface area contributed by atoms with Crippen molar-refractivity contribution in [2.75, 3.05) is 33.4 Å². The standard InChI is InChI=1S/C12H21N3O5/c1-8(7-20-2)6-14-12(19)15-4-3-13-11(18)9(15)5-10(16)17/h8-9H,3-7H2,1-2H3,(H,13,18)(H,14,19)(H,16,17). The van der Waals surface area contributed by atoms with E-state index in [2.05, 4.69) is 10.6 Å². The van der Waals surface area contributed by atoms with Crippen molar-refractivity contribution in [2.45, 2.75) is 19.4 Å². The number of nitrogens with one attached hydrogen (secondary N) is 2. The minimum absolute atomic E-state index is 0.139. The van der Waals surface area contributed by atoms with E-state index in [1.54, 1.807) is 7.11 Å². The van der Waals surface area contributed by atoms with Gasteiger partial charge in [-0.3, -0.25) is 9.59 Å². The van der Waals surface area contributed by atoms with E-state index >= 15 is 0 Å². The van der Waals surface area contributed by atoms with Crippen LogP contribution in [0.15, 0.2) is 0 Å². The van der Waals surface area contributed by atoms with Crippen LogP contribution in [0.5, 0.6) is 0 Å². The van der Waals surface area contributed by atoms with Gasteiger partial charge in [0.2, 0.25) is 5.91 Å². The first-order valence-electron chi connectivity index (χ1n) is 6.48. The molecule has 1 fully saturated rings. The number of carboxylic acid groups (broad SMARTS) is 1. The Morgan fingerprint density at radius 3 is 2.90 bits per heavy atom. The summed E-state index contributed by atoms with van der Waals surface area (Å²) in [6.07, 6.45) is -0.396. The lowest BCUT2D eigenvalue weighted by molar-refractivity contribution is -0.142. The maximum atomic E-state index is 12.0. The molecule has 0 saturated carbocycles. The van der Waals surface area contributed by atoms with Gasteiger partial charge in [-0.15, -0.1) is 0 Å². The predicted molar refractivity (Wildman–Crippen MR) is 70.2 cm³/mol. The second-order valence-corrected chi connectivity index (χ2v) is 4.84. The van der Waals surface area contributed by atoms with E-state index in [-0.39, 0.29) is 5.92 Å². The monoisotopic (exact) mass is 287 g/mol. The number of amides is 3. The van der Waals surface area contributed by atoms with Gasteiger partial charge < -0.3 is 25.4 Å². The molecule has 1 saturated heterocycles. The molecule has 3 amide bonds. The molecule has 1 aliphatic rings. The van der Waals surface area contributed by atoms with Crippen LogP contribution in [-0.4, -0.2) is 67.3 Å². The van der Waals surface area contributed by atoms with Crippen LogP contribution in [0, 0.1) is 5.92 Å². The third kappa shape index (κ3) is 4.69. The Balaban J connectivity index is 2.58. The van der Waals surface area contributed by atoms with Gasteiger partial charge >= 0.3 is 12.0 Å². The fraction of sp³-hybridized carbons (Fsp3) is 0.750. The minimum atomic E-state index is -1.11. The lowest BCUT2D eigenvalue weighted by Gasteiger charge is -2.34. The zero-order chi connectivity index (χ0) is 15.1. The van der Waals surface area contributed by atoms with Crippen molar-refractivity contribution >= 4 is 17.9 Å². The highest BCUT2D eigenvalue weighted by atomic mass is 16.5. The molecule has 8 heteroatoms. The fourth-order valence-electron chi connectivity index (χ4n) is 2.03. The van der Waals surface area contributed by atoms with Crippen molar-refractivity contribution in [1.29, 1.82) is 0 Å². The van der Waals surface area contributed by atoms with E-state index in [1.165, 1.54) is 4.90 Å². The molecule has 20 heavy (non-hydrogen) atoms. The van der Waals surface area contributed by atoms with E-state index in [4.69, 9.17) is 9.84 Å². The lowest BCUT2D eigenvalue weighted by atomic mass is 10.1. The first kappa shape index (κ1) is 16.2. The molecular formula is C12H21N3O5. The summed E-state index contributed by atoms with van der Waals surface area (Å²) in [6, 6.07) is -1.38. The average molecular weight is 287 g/mol. The quantitative estimate of drug-likeness (QED) is 0.596. The van der Waals surface area contributed by atoms with Crippen LogP contribution in [0.25, 0.3) is 0 Å². The first-order chi connectivity index (χ1) is 9.45. The van der Waals surface area contributed by atoms with E-state index in [0.29, 0.717) is 26.2 Å². The Labute approximate surface area is 117 Å². The van der Waals surface area contributed by atoms with Gasteiger partial charge in [0.05, 0.1) is 13.0 Å². The Bertz CT molecular complexity index is 374. The summed E-state index contributed by atoms with van der Waals surface area (Å²) in [5.74, 6) is -1.41. The number of hydrogen-bond acceptors (Lipinski definition) is 4. The van der Waals surface area contributed by atoms with Crippen LogP contribution in [0.4, 0.5) is 4.79 Å². The molecule has 1 rings (SSSR count). The van der Waals surface area contributed by atoms with Crippen molar-refractivity contribution in [2.24, 2.45) is 5.92 Å². The number of rotatable bonds is 6. The minimum Gasteiger partial charge on any atom is -0.481 e. The topological polar surface area (TPSA) is 108 Å². The summed E-state index contributed by atoms with van der Waals surface area (Å²) in [4.78, 5) is 35.8. The molecule has 3 N–H and O–H groups in total. The summed E-state index contributed by atoms with van der Waals surface area (Å²) < 4.78 is 4.97. The number of methoxy groups -OCH3 is 1. The highest BCUT2D eigenvalue weighted by molar-refractivity contribution is 5.91. The van der Waals surface area contributed by atoms with Gasteiger partial charge in [-0.25, -0.2) is 4.79 Å². The molecule has 0 aromatic carbocycles. The number of carbonyl (C=O) groups excluding carboxylic acids is 2. The van der Waals surface area contributed by atoms with Crippen molar-refractivity contribution in [3.05, 3.63) is 0 Å². The van der Waals surface area contributed by atoms with Gasteiger partial charge in [-0.05, 0) is 5.92 Å². The number of ether oxygens (including phenoxy) is 1. The average Bonchev–Trinajstić information content (AvgIpc) is 2.38. The van der Waals surface area contributed by atoms with Gasteiger partial charge in [-0.2, -0.15) is 0 Å². The summed E-state index contributed by atoms with van der Waals surface area (Å²) in [5, 5.41) is 14.1. The molecule has 2 atom stereocenters. The van der Waals surface area contributed by atoms with E-state index in [1.807, 2.05) is 6.92 Å². The summed E-state index contributed by atoms with van der Waals surface area (Å²) in [7, 11) is 1.58. The van der Waals surface area contributed by atoms with Gasteiger partial charge in [0.25, 0.3) is 0 Å². The molecule has 114 valence electrons. The maximum absolute atomic E-state index is 12.0. The summed E-state index contributed by atoms with van der Waals surface area (Å²) >= 11 is 0. The number of piperazine rings is 1. The van der Waals surface area contributed by atoms with E-state index in [0.717, 1.165) is 0 Å². The maximum Gasteiger partial charge on any atom is 0.318 e. The van der Waals surface area contributed by atoms with Gasteiger partial charge in [-0.1, -0.05) is 6.92 Å². The predicted octanol–water partition coefficient (Wildman–Crippen LogP) is -0.746. The van der Waals surface area contributed by atoms with E-state index in [9.17, 15) is 14.4 Å². The molecule has 2 unspecified atom stereocenters. The molecule has 0 aromatic heterocycles. The van der Waals surface area contributed by atoms with Crippen LogP contribution in [-0.2, 0) is 14.3 Å². The molecule has 0 aliphatic carbocycles. The molecule has 0 aromatic rings. The van der Waals surface area contributed by atoms with E-state index < -0.39 is 30.4 Å². The molecule has 0 radical (unpaired) electrons. The Morgan fingerprint density at radius 2 is 2.30 bits per heavy atom. The SMILES string of the molecule is COCC(C)CNC(=O)N1CCNC(=O)C1CC(=O)O. The molecule has 1 aliphatic heterocycles. The number of urea groups is 1. The number of carbonyl (C=O) groups is 3. The zero-order valence-corrected chi connectivity index (χ0v) is 11.7. The number of hydrogen-bond donors (Lipinski definition) is 3. The molecular weight excluding hydrogens is 266 g/mol. The first-order valence-corrected chi connectivity index (χ1v) is 6.48. The zero-order valence-electron chi connectivity index (χ0n) is 11.7. The van der Waals surface area contributed by atoms with Gasteiger partial charge in [0.15, 0.2) is 0 Å². The Hall–Kier alpha value is -1.83. The second kappa shape index (κ2) is 7.68. The van der Waals surface area contributed by atoms with Crippen molar-refractivity contribution < 1.29 is 24.2 Å². The third-order valence-corrected chi connectivity index (χ3v) is 3.01. The third-order valence-electron chi connectivity index (χ3n) is 3.01. The molecule has 0 spiro atoms. The van der Waals surface area contributed by atoms with Crippen molar-refractivity contribution in [1.82, 2.24) is 15.5 Å². The molecule has 0 bridgehead atoms. The highest BCUT2D eigenvalue weighted by Gasteiger charge is 2.34. The van der Waals surface area contributed by atoms with Crippen LogP contribution in [0.3, 0.4) is 0 Å². The normalized spacial score (nSPS) is 20.2. The number of nitrogens with zero attached hydrogens (tertiary/aromatic N) is 1. The molecule has 1 heterocycles. The molecule has 8 nitrogen and oxygen atoms in total. The van der Waals surface area contributed by atoms with Gasteiger partial charge in [0.1, 0.15) is 6.04 Å². The van der Waals surface area contributed by atoms with Crippen LogP contribution in [0.1, 0.15) is 13.3 Å². The largest absolute Gasteiger partial charge is 0.481 e. The van der Waals surface area contributed by atoms with Crippen LogP contribution in [0.2, 0.25) is 0 Å².